The van der Waals surface area contributed by atoms with Crippen LogP contribution in [0.5, 0.6) is 23.0 Å². The molecule has 10 nitrogen and oxygen atoms in total. The summed E-state index contributed by atoms with van der Waals surface area (Å²) in [6.45, 7) is 14.6. The standard InChI is InChI=1S/C35H44N4O6/c1-20-12-28-22(3)36-26-16-32(30(42-5)14-24(26)34(40)38(28)18-20)44-10-8-7-9-11-45-33-17-27-25(15-31(33)43-6)35(41)39-19-21(2)13-29(39)23(4)37-27/h14-17,22-23,28-29,36-37H,1-2,7-13,18-19H2,3-6H3/t22?,23?,28-,29-/m0/s1. The first-order valence-electron chi connectivity index (χ1n) is 15.9. The highest BCUT2D eigenvalue weighted by Gasteiger charge is 2.40. The van der Waals surface area contributed by atoms with Crippen molar-refractivity contribution < 1.29 is 28.5 Å². The molecule has 2 aromatic rings. The minimum atomic E-state index is -0.00928. The number of carbonyl (C=O) groups is 2. The molecule has 10 heteroatoms. The molecular formula is C35H44N4O6. The molecule has 0 aliphatic carbocycles. The predicted molar refractivity (Wildman–Crippen MR) is 174 cm³/mol. The lowest BCUT2D eigenvalue weighted by Gasteiger charge is -2.26. The predicted octanol–water partition coefficient (Wildman–Crippen LogP) is 5.50. The van der Waals surface area contributed by atoms with E-state index < -0.39 is 0 Å². The minimum Gasteiger partial charge on any atom is -0.493 e. The molecule has 0 saturated carbocycles. The zero-order chi connectivity index (χ0) is 31.8. The molecule has 2 N–H and O–H groups in total. The van der Waals surface area contributed by atoms with Crippen molar-refractivity contribution in [2.75, 3.05) is 51.2 Å². The fraction of sp³-hybridized carbons (Fsp3) is 0.486. The highest BCUT2D eigenvalue weighted by molar-refractivity contribution is 6.02. The van der Waals surface area contributed by atoms with E-state index in [2.05, 4.69) is 37.6 Å². The van der Waals surface area contributed by atoms with E-state index in [1.54, 1.807) is 26.4 Å². The second-order valence-electron chi connectivity index (χ2n) is 12.6. The van der Waals surface area contributed by atoms with Crippen LogP contribution in [0.4, 0.5) is 11.4 Å². The first kappa shape index (κ1) is 30.7. The van der Waals surface area contributed by atoms with Gasteiger partial charge in [0.2, 0.25) is 0 Å². The van der Waals surface area contributed by atoms with Crippen LogP contribution in [0, 0.1) is 0 Å². The summed E-state index contributed by atoms with van der Waals surface area (Å²) in [7, 11) is 3.18. The Labute approximate surface area is 265 Å². The maximum Gasteiger partial charge on any atom is 0.256 e. The minimum absolute atomic E-state index is 0.00928. The van der Waals surface area contributed by atoms with Gasteiger partial charge < -0.3 is 39.4 Å². The Bertz CT molecular complexity index is 1410. The Balaban J connectivity index is 1.03. The van der Waals surface area contributed by atoms with E-state index in [4.69, 9.17) is 18.9 Å². The normalized spacial score (nSPS) is 23.6. The summed E-state index contributed by atoms with van der Waals surface area (Å²) in [6.07, 6.45) is 4.15. The van der Waals surface area contributed by atoms with E-state index in [-0.39, 0.29) is 36.0 Å². The molecule has 0 bridgehead atoms. The number of hydrogen-bond donors (Lipinski definition) is 2. The highest BCUT2D eigenvalue weighted by Crippen LogP contribution is 2.40. The lowest BCUT2D eigenvalue weighted by molar-refractivity contribution is 0.0729. The molecule has 45 heavy (non-hydrogen) atoms. The first-order valence-corrected chi connectivity index (χ1v) is 15.9. The number of ether oxygens (including phenoxy) is 4. The van der Waals surface area contributed by atoms with Gasteiger partial charge in [0.1, 0.15) is 0 Å². The number of rotatable bonds is 10. The number of fused-ring (bicyclic) bond motifs is 4. The van der Waals surface area contributed by atoms with Crippen LogP contribution in [-0.4, -0.2) is 86.3 Å². The fourth-order valence-electron chi connectivity index (χ4n) is 6.99. The van der Waals surface area contributed by atoms with Crippen LogP contribution in [0.15, 0.2) is 48.6 Å². The topological polar surface area (TPSA) is 102 Å². The van der Waals surface area contributed by atoms with Crippen molar-refractivity contribution in [3.63, 3.8) is 0 Å². The summed E-state index contributed by atoms with van der Waals surface area (Å²) in [5.41, 5.74) is 4.87. The van der Waals surface area contributed by atoms with E-state index in [0.717, 1.165) is 54.6 Å². The molecule has 2 amide bonds. The van der Waals surface area contributed by atoms with Gasteiger partial charge in [0.15, 0.2) is 23.0 Å². The molecule has 2 fully saturated rings. The number of methoxy groups -OCH3 is 2. The molecule has 2 unspecified atom stereocenters. The SMILES string of the molecule is C=C1C[C@H]2C(C)Nc3cc(OCCCCCOc4cc5c(cc4OC)C(=O)N4CC(=C)C[C@H]4C(C)N5)c(OC)cc3C(=O)N2C1. The van der Waals surface area contributed by atoms with Crippen molar-refractivity contribution in [1.82, 2.24) is 9.80 Å². The van der Waals surface area contributed by atoms with Gasteiger partial charge in [0.25, 0.3) is 11.8 Å². The van der Waals surface area contributed by atoms with Crippen LogP contribution in [0.2, 0.25) is 0 Å². The van der Waals surface area contributed by atoms with Gasteiger partial charge >= 0.3 is 0 Å². The lowest BCUT2D eigenvalue weighted by Crippen LogP contribution is -2.41. The molecule has 6 rings (SSSR count). The van der Waals surface area contributed by atoms with Crippen LogP contribution >= 0.6 is 0 Å². The third kappa shape index (κ3) is 5.90. The molecule has 4 atom stereocenters. The molecule has 0 radical (unpaired) electrons. The fourth-order valence-corrected chi connectivity index (χ4v) is 6.99. The average Bonchev–Trinajstić information content (AvgIpc) is 3.58. The van der Waals surface area contributed by atoms with Crippen molar-refractivity contribution >= 4 is 23.2 Å². The summed E-state index contributed by atoms with van der Waals surface area (Å²) in [4.78, 5) is 30.5. The number of hydrogen-bond acceptors (Lipinski definition) is 8. The second kappa shape index (κ2) is 12.6. The van der Waals surface area contributed by atoms with Crippen molar-refractivity contribution in [3.8, 4) is 23.0 Å². The molecule has 2 saturated heterocycles. The Morgan fingerprint density at radius 3 is 1.51 bits per heavy atom. The smallest absolute Gasteiger partial charge is 0.256 e. The van der Waals surface area contributed by atoms with Gasteiger partial charge in [-0.2, -0.15) is 0 Å². The second-order valence-corrected chi connectivity index (χ2v) is 12.6. The maximum absolute atomic E-state index is 13.4. The quantitative estimate of drug-likeness (QED) is 0.267. The summed E-state index contributed by atoms with van der Waals surface area (Å²) in [5.74, 6) is 2.29. The maximum atomic E-state index is 13.4. The van der Waals surface area contributed by atoms with Crippen molar-refractivity contribution in [3.05, 3.63) is 59.7 Å². The summed E-state index contributed by atoms with van der Waals surface area (Å²) in [6, 6.07) is 7.67. The van der Waals surface area contributed by atoms with Crippen LogP contribution < -0.4 is 29.6 Å². The number of benzene rings is 2. The van der Waals surface area contributed by atoms with Gasteiger partial charge in [-0.15, -0.1) is 0 Å². The molecule has 240 valence electrons. The van der Waals surface area contributed by atoms with Crippen LogP contribution in [-0.2, 0) is 0 Å². The molecule has 0 spiro atoms. The van der Waals surface area contributed by atoms with E-state index in [1.807, 2.05) is 21.9 Å². The zero-order valence-electron chi connectivity index (χ0n) is 26.7. The third-order valence-electron chi connectivity index (χ3n) is 9.40. The third-order valence-corrected chi connectivity index (χ3v) is 9.40. The zero-order valence-corrected chi connectivity index (χ0v) is 26.7. The number of nitrogens with zero attached hydrogens (tertiary/aromatic N) is 2. The van der Waals surface area contributed by atoms with E-state index >= 15 is 0 Å². The average molecular weight is 617 g/mol. The molecule has 0 aromatic heterocycles. The Hall–Kier alpha value is -4.34. The molecule has 4 aliphatic rings. The number of nitrogens with one attached hydrogen (secondary N) is 2. The van der Waals surface area contributed by atoms with E-state index in [0.29, 0.717) is 60.4 Å². The van der Waals surface area contributed by atoms with Crippen LogP contribution in [0.25, 0.3) is 0 Å². The number of carbonyl (C=O) groups excluding carboxylic acids is 2. The van der Waals surface area contributed by atoms with Crippen molar-refractivity contribution in [2.24, 2.45) is 0 Å². The van der Waals surface area contributed by atoms with Gasteiger partial charge in [-0.05, 0) is 58.1 Å². The summed E-state index contributed by atoms with van der Waals surface area (Å²) in [5, 5.41) is 7.05. The van der Waals surface area contributed by atoms with Crippen LogP contribution in [0.1, 0.15) is 66.7 Å². The molecule has 4 aliphatic heterocycles. The first-order chi connectivity index (χ1) is 21.7. The van der Waals surface area contributed by atoms with E-state index in [9.17, 15) is 9.59 Å². The molecule has 4 heterocycles. The highest BCUT2D eigenvalue weighted by atomic mass is 16.5. The van der Waals surface area contributed by atoms with Crippen molar-refractivity contribution in [2.45, 2.75) is 70.1 Å². The lowest BCUT2D eigenvalue weighted by atomic mass is 10.1. The van der Waals surface area contributed by atoms with Gasteiger partial charge in [0, 0.05) is 37.3 Å². The van der Waals surface area contributed by atoms with E-state index in [1.165, 1.54) is 0 Å². The van der Waals surface area contributed by atoms with Gasteiger partial charge in [-0.25, -0.2) is 0 Å². The van der Waals surface area contributed by atoms with Gasteiger partial charge in [-0.3, -0.25) is 9.59 Å². The van der Waals surface area contributed by atoms with Crippen LogP contribution in [0.3, 0.4) is 0 Å². The summed E-state index contributed by atoms with van der Waals surface area (Å²) >= 11 is 0. The Kier molecular flexibility index (Phi) is 8.57. The Morgan fingerprint density at radius 2 is 1.11 bits per heavy atom. The monoisotopic (exact) mass is 616 g/mol. The largest absolute Gasteiger partial charge is 0.493 e. The van der Waals surface area contributed by atoms with Crippen molar-refractivity contribution in [1.29, 1.82) is 0 Å². The summed E-state index contributed by atoms with van der Waals surface area (Å²) < 4.78 is 23.5. The van der Waals surface area contributed by atoms with Gasteiger partial charge in [0.05, 0.1) is 62.0 Å². The Morgan fingerprint density at radius 1 is 0.689 bits per heavy atom. The number of unbranched alkanes of at least 4 members (excludes halogenated alkanes) is 2. The van der Waals surface area contributed by atoms with Gasteiger partial charge in [-0.1, -0.05) is 24.3 Å². The molecular weight excluding hydrogens is 572 g/mol. The number of anilines is 2. The molecule has 2 aromatic carbocycles. The number of amides is 2.